The Balaban J connectivity index is 1.46. The van der Waals surface area contributed by atoms with Crippen LogP contribution in [0.2, 0.25) is 0 Å². The predicted octanol–water partition coefficient (Wildman–Crippen LogP) is 1.22. The molecule has 0 spiro atoms. The van der Waals surface area contributed by atoms with Gasteiger partial charge in [0.1, 0.15) is 0 Å². The molecule has 1 aliphatic heterocycles. The van der Waals surface area contributed by atoms with E-state index in [-0.39, 0.29) is 35.9 Å². The van der Waals surface area contributed by atoms with Crippen molar-refractivity contribution in [1.82, 2.24) is 25.3 Å². The SMILES string of the molecule is COc1ccc(CC(=O)N[C@H]2CC[C@@H](C(=O)NCCn3cccn3)CN(C)C2)cc1F. The summed E-state index contributed by atoms with van der Waals surface area (Å²) in [5, 5.41) is 10.1. The fourth-order valence-corrected chi connectivity index (χ4v) is 3.90. The molecule has 0 radical (unpaired) electrons. The molecule has 9 heteroatoms. The highest BCUT2D eigenvalue weighted by Crippen LogP contribution is 2.19. The fourth-order valence-electron chi connectivity index (χ4n) is 3.90. The first-order valence-corrected chi connectivity index (χ1v) is 10.5. The molecule has 31 heavy (non-hydrogen) atoms. The summed E-state index contributed by atoms with van der Waals surface area (Å²) in [7, 11) is 3.35. The van der Waals surface area contributed by atoms with E-state index < -0.39 is 5.82 Å². The number of amides is 2. The molecule has 1 aliphatic rings. The number of hydrogen-bond donors (Lipinski definition) is 2. The zero-order valence-corrected chi connectivity index (χ0v) is 18.0. The molecule has 2 atom stereocenters. The number of methoxy groups -OCH3 is 1. The van der Waals surface area contributed by atoms with Gasteiger partial charge in [-0.15, -0.1) is 0 Å². The van der Waals surface area contributed by atoms with Crippen molar-refractivity contribution in [3.8, 4) is 5.75 Å². The van der Waals surface area contributed by atoms with Crippen molar-refractivity contribution in [2.75, 3.05) is 33.8 Å². The Bertz CT molecular complexity index is 874. The molecule has 0 unspecified atom stereocenters. The van der Waals surface area contributed by atoms with Crippen LogP contribution in [0.25, 0.3) is 0 Å². The molecule has 2 aromatic rings. The lowest BCUT2D eigenvalue weighted by Crippen LogP contribution is -2.42. The summed E-state index contributed by atoms with van der Waals surface area (Å²) in [5.41, 5.74) is 0.590. The summed E-state index contributed by atoms with van der Waals surface area (Å²) < 4.78 is 20.5. The quantitative estimate of drug-likeness (QED) is 0.656. The molecule has 168 valence electrons. The van der Waals surface area contributed by atoms with Crippen LogP contribution in [0.1, 0.15) is 18.4 Å². The fraction of sp³-hybridized carbons (Fsp3) is 0.500. The highest BCUT2D eigenvalue weighted by molar-refractivity contribution is 5.79. The number of nitrogens with zero attached hydrogens (tertiary/aromatic N) is 3. The molecule has 2 heterocycles. The van der Waals surface area contributed by atoms with Crippen molar-refractivity contribution in [3.63, 3.8) is 0 Å². The highest BCUT2D eigenvalue weighted by Gasteiger charge is 2.27. The second-order valence-corrected chi connectivity index (χ2v) is 7.97. The molecule has 1 fully saturated rings. The number of halogens is 1. The van der Waals surface area contributed by atoms with Crippen LogP contribution < -0.4 is 15.4 Å². The molecular weight excluding hydrogens is 401 g/mol. The first-order valence-electron chi connectivity index (χ1n) is 10.5. The lowest BCUT2D eigenvalue weighted by molar-refractivity contribution is -0.125. The van der Waals surface area contributed by atoms with Gasteiger partial charge in [0.25, 0.3) is 0 Å². The first kappa shape index (κ1) is 22.7. The summed E-state index contributed by atoms with van der Waals surface area (Å²) in [4.78, 5) is 27.1. The average molecular weight is 432 g/mol. The van der Waals surface area contributed by atoms with Crippen LogP contribution in [0.4, 0.5) is 4.39 Å². The van der Waals surface area contributed by atoms with Crippen molar-refractivity contribution >= 4 is 11.8 Å². The van der Waals surface area contributed by atoms with Gasteiger partial charge in [0.15, 0.2) is 11.6 Å². The lowest BCUT2D eigenvalue weighted by Gasteiger charge is -2.22. The van der Waals surface area contributed by atoms with Crippen molar-refractivity contribution in [1.29, 1.82) is 0 Å². The highest BCUT2D eigenvalue weighted by atomic mass is 19.1. The zero-order valence-electron chi connectivity index (χ0n) is 18.0. The molecule has 0 aliphatic carbocycles. The van der Waals surface area contributed by atoms with Gasteiger partial charge in [-0.25, -0.2) is 4.39 Å². The van der Waals surface area contributed by atoms with Crippen LogP contribution in [0.5, 0.6) is 5.75 Å². The number of rotatable bonds is 8. The van der Waals surface area contributed by atoms with Gasteiger partial charge in [-0.1, -0.05) is 6.07 Å². The van der Waals surface area contributed by atoms with Gasteiger partial charge < -0.3 is 20.3 Å². The second kappa shape index (κ2) is 10.9. The van der Waals surface area contributed by atoms with Crippen LogP contribution in [-0.2, 0) is 22.6 Å². The molecule has 3 rings (SSSR count). The van der Waals surface area contributed by atoms with E-state index in [1.807, 2.05) is 19.3 Å². The number of carbonyl (C=O) groups is 2. The van der Waals surface area contributed by atoms with E-state index in [1.54, 1.807) is 16.9 Å². The number of aromatic nitrogens is 2. The maximum atomic E-state index is 13.8. The third kappa shape index (κ3) is 6.78. The van der Waals surface area contributed by atoms with Crippen LogP contribution in [0.3, 0.4) is 0 Å². The maximum absolute atomic E-state index is 13.8. The van der Waals surface area contributed by atoms with E-state index in [1.165, 1.54) is 19.2 Å². The van der Waals surface area contributed by atoms with Gasteiger partial charge in [-0.2, -0.15) is 5.10 Å². The van der Waals surface area contributed by atoms with E-state index in [0.717, 1.165) is 0 Å². The van der Waals surface area contributed by atoms with Crippen LogP contribution in [0, 0.1) is 11.7 Å². The Morgan fingerprint density at radius 2 is 2.13 bits per heavy atom. The number of ether oxygens (including phenoxy) is 1. The van der Waals surface area contributed by atoms with Gasteiger partial charge in [-0.3, -0.25) is 14.3 Å². The topological polar surface area (TPSA) is 88.5 Å². The summed E-state index contributed by atoms with van der Waals surface area (Å²) >= 11 is 0. The molecule has 1 aromatic carbocycles. The normalized spacial score (nSPS) is 19.5. The minimum atomic E-state index is -0.483. The van der Waals surface area contributed by atoms with E-state index in [2.05, 4.69) is 20.6 Å². The molecular formula is C22H30FN5O3. The average Bonchev–Trinajstić information content (AvgIpc) is 3.17. The summed E-state index contributed by atoms with van der Waals surface area (Å²) in [6, 6.07) is 6.32. The van der Waals surface area contributed by atoms with E-state index >= 15 is 0 Å². The largest absolute Gasteiger partial charge is 0.494 e. The van der Waals surface area contributed by atoms with Gasteiger partial charge in [0.05, 0.1) is 26.0 Å². The van der Waals surface area contributed by atoms with Crippen molar-refractivity contribution in [2.45, 2.75) is 31.8 Å². The van der Waals surface area contributed by atoms with Gasteiger partial charge >= 0.3 is 0 Å². The third-order valence-electron chi connectivity index (χ3n) is 5.44. The van der Waals surface area contributed by atoms with E-state index in [4.69, 9.17) is 4.74 Å². The third-order valence-corrected chi connectivity index (χ3v) is 5.44. The molecule has 2 N–H and O–H groups in total. The minimum absolute atomic E-state index is 0.0275. The number of benzene rings is 1. The summed E-state index contributed by atoms with van der Waals surface area (Å²) in [5.74, 6) is -0.586. The second-order valence-electron chi connectivity index (χ2n) is 7.97. The van der Waals surface area contributed by atoms with Crippen molar-refractivity contribution in [3.05, 3.63) is 48.0 Å². The van der Waals surface area contributed by atoms with Crippen LogP contribution in [0.15, 0.2) is 36.7 Å². The Hall–Kier alpha value is -2.94. The predicted molar refractivity (Wildman–Crippen MR) is 114 cm³/mol. The van der Waals surface area contributed by atoms with Crippen LogP contribution in [-0.4, -0.2) is 66.3 Å². The standard InChI is InChI=1S/C22H30FN5O3/c1-27-14-17(22(30)24-9-11-28-10-3-8-25-28)5-6-18(15-27)26-21(29)13-16-4-7-20(31-2)19(23)12-16/h3-4,7-8,10,12,17-18H,5-6,9,11,13-15H2,1-2H3,(H,24,30)(H,26,29)/t17-,18+/m1/s1. The number of nitrogens with one attached hydrogen (secondary N) is 2. The Morgan fingerprint density at radius 1 is 1.29 bits per heavy atom. The molecule has 1 saturated heterocycles. The van der Waals surface area contributed by atoms with Crippen LogP contribution >= 0.6 is 0 Å². The van der Waals surface area contributed by atoms with E-state index in [9.17, 15) is 14.0 Å². The summed E-state index contributed by atoms with van der Waals surface area (Å²) in [6.45, 7) is 2.47. The molecule has 0 saturated carbocycles. The Morgan fingerprint density at radius 3 is 2.84 bits per heavy atom. The number of likely N-dealkylation sites (N-methyl/N-ethyl adjacent to an activating group) is 1. The number of hydrogen-bond acceptors (Lipinski definition) is 5. The Labute approximate surface area is 181 Å². The van der Waals surface area contributed by atoms with Crippen molar-refractivity contribution in [2.24, 2.45) is 5.92 Å². The Kier molecular flexibility index (Phi) is 8.00. The monoisotopic (exact) mass is 431 g/mol. The van der Waals surface area contributed by atoms with E-state index in [0.29, 0.717) is 44.6 Å². The van der Waals surface area contributed by atoms with Gasteiger partial charge in [-0.05, 0) is 43.7 Å². The number of carbonyl (C=O) groups excluding carboxylic acids is 2. The maximum Gasteiger partial charge on any atom is 0.224 e. The smallest absolute Gasteiger partial charge is 0.224 e. The summed E-state index contributed by atoms with van der Waals surface area (Å²) in [6.07, 6.45) is 5.07. The molecule has 8 nitrogen and oxygen atoms in total. The molecule has 0 bridgehead atoms. The van der Waals surface area contributed by atoms with Crippen molar-refractivity contribution < 1.29 is 18.7 Å². The molecule has 1 aromatic heterocycles. The van der Waals surface area contributed by atoms with Gasteiger partial charge in [0.2, 0.25) is 11.8 Å². The lowest BCUT2D eigenvalue weighted by atomic mass is 10.0. The molecule has 2 amide bonds. The number of likely N-dealkylation sites (tertiary alicyclic amines) is 1. The minimum Gasteiger partial charge on any atom is -0.494 e. The van der Waals surface area contributed by atoms with Gasteiger partial charge in [0, 0.05) is 38.1 Å². The first-order chi connectivity index (χ1) is 14.9. The zero-order chi connectivity index (χ0) is 22.2.